The number of carbonyl (C=O) groups excluding carboxylic acids is 4. The van der Waals surface area contributed by atoms with Crippen LogP contribution in [0.3, 0.4) is 0 Å². The normalized spacial score (nSPS) is 18.6. The maximum absolute atomic E-state index is 12.4. The zero-order chi connectivity index (χ0) is 16.7. The molecule has 0 aromatic heterocycles. The summed E-state index contributed by atoms with van der Waals surface area (Å²) in [7, 11) is 0. The van der Waals surface area contributed by atoms with E-state index in [1.807, 2.05) is 0 Å². The molecule has 0 spiro atoms. The highest BCUT2D eigenvalue weighted by molar-refractivity contribution is 7.80. The van der Waals surface area contributed by atoms with Crippen LogP contribution in [0.2, 0.25) is 0 Å². The van der Waals surface area contributed by atoms with Crippen LogP contribution in [0.1, 0.15) is 26.2 Å². The number of primary amides is 1. The summed E-state index contributed by atoms with van der Waals surface area (Å²) < 4.78 is 4.77. The zero-order valence-electron chi connectivity index (χ0n) is 12.4. The number of carbonyl (C=O) groups is 4. The third-order valence-corrected chi connectivity index (χ3v) is 3.67. The number of hydrogen-bond donors (Lipinski definition) is 3. The monoisotopic (exact) mass is 331 g/mol. The van der Waals surface area contributed by atoms with Gasteiger partial charge in [0.25, 0.3) is 5.91 Å². The van der Waals surface area contributed by atoms with E-state index in [2.05, 4.69) is 17.9 Å². The molecular weight excluding hydrogens is 310 g/mol. The van der Waals surface area contributed by atoms with Crippen molar-refractivity contribution in [3.05, 3.63) is 0 Å². The molecule has 0 bridgehead atoms. The Morgan fingerprint density at radius 3 is 2.64 bits per heavy atom. The average Bonchev–Trinajstić information content (AvgIpc) is 2.98. The van der Waals surface area contributed by atoms with Gasteiger partial charge in [0.05, 0.1) is 0 Å². The highest BCUT2D eigenvalue weighted by atomic mass is 32.1. The van der Waals surface area contributed by atoms with Gasteiger partial charge in [-0.3, -0.25) is 14.4 Å². The Hall–Kier alpha value is -1.77. The van der Waals surface area contributed by atoms with Crippen LogP contribution < -0.4 is 11.1 Å². The number of thiol groups is 1. The summed E-state index contributed by atoms with van der Waals surface area (Å²) in [5, 5.41) is 2.57. The van der Waals surface area contributed by atoms with Crippen LogP contribution in [0.5, 0.6) is 0 Å². The van der Waals surface area contributed by atoms with Gasteiger partial charge in [0.1, 0.15) is 12.1 Å². The van der Waals surface area contributed by atoms with Crippen LogP contribution >= 0.6 is 12.6 Å². The smallest absolute Gasteiger partial charge is 0.329 e. The van der Waals surface area contributed by atoms with Crippen LogP contribution in [-0.2, 0) is 23.9 Å². The molecule has 1 aliphatic heterocycles. The quantitative estimate of drug-likeness (QED) is 0.401. The number of nitrogens with two attached hydrogens (primary N) is 1. The maximum Gasteiger partial charge on any atom is 0.329 e. The second-order valence-electron chi connectivity index (χ2n) is 4.92. The van der Waals surface area contributed by atoms with Crippen molar-refractivity contribution in [2.24, 2.45) is 5.73 Å². The van der Waals surface area contributed by atoms with E-state index in [1.54, 1.807) is 6.92 Å². The minimum absolute atomic E-state index is 0.129. The first kappa shape index (κ1) is 18.3. The van der Waals surface area contributed by atoms with Crippen molar-refractivity contribution < 1.29 is 23.9 Å². The van der Waals surface area contributed by atoms with Gasteiger partial charge in [-0.05, 0) is 12.8 Å². The van der Waals surface area contributed by atoms with Gasteiger partial charge in [0.2, 0.25) is 11.8 Å². The Labute approximate surface area is 134 Å². The summed E-state index contributed by atoms with van der Waals surface area (Å²) >= 11 is 4.07. The molecule has 3 N–H and O–H groups in total. The summed E-state index contributed by atoms with van der Waals surface area (Å²) in [6.45, 7) is 1.55. The van der Waals surface area contributed by atoms with Gasteiger partial charge in [-0.1, -0.05) is 6.92 Å². The second-order valence-corrected chi connectivity index (χ2v) is 5.29. The predicted molar refractivity (Wildman–Crippen MR) is 81.0 cm³/mol. The fourth-order valence-electron chi connectivity index (χ4n) is 2.20. The number of esters is 1. The van der Waals surface area contributed by atoms with Crippen molar-refractivity contribution >= 4 is 36.3 Å². The molecule has 0 aromatic rings. The number of likely N-dealkylation sites (tertiary alicyclic amines) is 1. The van der Waals surface area contributed by atoms with Gasteiger partial charge in [-0.2, -0.15) is 12.6 Å². The largest absolute Gasteiger partial charge is 0.454 e. The Bertz CT molecular complexity index is 457. The highest BCUT2D eigenvalue weighted by Gasteiger charge is 2.38. The summed E-state index contributed by atoms with van der Waals surface area (Å²) in [6.07, 6.45) is 1.34. The first-order valence-corrected chi connectivity index (χ1v) is 7.69. The molecule has 1 fully saturated rings. The van der Waals surface area contributed by atoms with E-state index in [-0.39, 0.29) is 24.0 Å². The molecule has 0 saturated carbocycles. The lowest BCUT2D eigenvalue weighted by atomic mass is 10.2. The molecule has 1 heterocycles. The first-order chi connectivity index (χ1) is 10.4. The lowest BCUT2D eigenvalue weighted by Gasteiger charge is -2.27. The number of nitrogens with one attached hydrogen (secondary N) is 1. The number of amides is 3. The molecule has 0 radical (unpaired) electrons. The summed E-state index contributed by atoms with van der Waals surface area (Å²) in [5.41, 5.74) is 4.92. The zero-order valence-corrected chi connectivity index (χ0v) is 13.3. The number of ether oxygens (including phenoxy) is 1. The summed E-state index contributed by atoms with van der Waals surface area (Å²) in [6, 6.07) is -1.55. The molecule has 1 rings (SSSR count). The van der Waals surface area contributed by atoms with Gasteiger partial charge >= 0.3 is 5.97 Å². The van der Waals surface area contributed by atoms with Gasteiger partial charge in [0, 0.05) is 18.7 Å². The third kappa shape index (κ3) is 4.90. The van der Waals surface area contributed by atoms with Crippen LogP contribution in [0.4, 0.5) is 0 Å². The van der Waals surface area contributed by atoms with Gasteiger partial charge in [-0.25, -0.2) is 4.79 Å². The lowest BCUT2D eigenvalue weighted by molar-refractivity contribution is -0.156. The number of hydrogen-bond acceptors (Lipinski definition) is 6. The van der Waals surface area contributed by atoms with E-state index < -0.39 is 30.6 Å². The Morgan fingerprint density at radius 1 is 1.41 bits per heavy atom. The number of rotatable bonds is 7. The highest BCUT2D eigenvalue weighted by Crippen LogP contribution is 2.20. The van der Waals surface area contributed by atoms with E-state index >= 15 is 0 Å². The minimum Gasteiger partial charge on any atom is -0.454 e. The van der Waals surface area contributed by atoms with Crippen LogP contribution in [0.25, 0.3) is 0 Å². The molecule has 1 unspecified atom stereocenters. The van der Waals surface area contributed by atoms with Crippen molar-refractivity contribution in [1.29, 1.82) is 0 Å². The lowest BCUT2D eigenvalue weighted by Crippen LogP contribution is -2.52. The van der Waals surface area contributed by atoms with Crippen molar-refractivity contribution in [3.8, 4) is 0 Å². The van der Waals surface area contributed by atoms with Crippen molar-refractivity contribution in [1.82, 2.24) is 10.2 Å². The fraction of sp³-hybridized carbons (Fsp3) is 0.692. The molecule has 3 amide bonds. The Balaban J connectivity index is 2.71. The van der Waals surface area contributed by atoms with Gasteiger partial charge < -0.3 is 20.7 Å². The minimum atomic E-state index is -0.791. The van der Waals surface area contributed by atoms with Gasteiger partial charge in [0.15, 0.2) is 6.61 Å². The topological polar surface area (TPSA) is 119 Å². The molecule has 0 aliphatic carbocycles. The molecule has 9 heteroatoms. The average molecular weight is 331 g/mol. The van der Waals surface area contributed by atoms with Crippen LogP contribution in [0.15, 0.2) is 0 Å². The third-order valence-electron chi connectivity index (χ3n) is 3.30. The summed E-state index contributed by atoms with van der Waals surface area (Å²) in [4.78, 5) is 47.8. The fourth-order valence-corrected chi connectivity index (χ4v) is 2.44. The van der Waals surface area contributed by atoms with Crippen LogP contribution in [-0.4, -0.2) is 59.6 Å². The summed E-state index contributed by atoms with van der Waals surface area (Å²) in [5.74, 6) is -1.93. The van der Waals surface area contributed by atoms with Crippen molar-refractivity contribution in [3.63, 3.8) is 0 Å². The van der Waals surface area contributed by atoms with E-state index in [0.717, 1.165) is 0 Å². The second kappa shape index (κ2) is 8.62. The van der Waals surface area contributed by atoms with Crippen LogP contribution in [0, 0.1) is 0 Å². The SMILES string of the molecule is CCC(=O)N[C@@H](CS)C(=O)N1CCCC1C(=O)OCC(N)=O. The molecule has 22 heavy (non-hydrogen) atoms. The Morgan fingerprint density at radius 2 is 2.09 bits per heavy atom. The standard InChI is InChI=1S/C13H21N3O5S/c1-2-11(18)15-8(7-22)12(19)16-5-3-4-9(16)13(20)21-6-10(14)17/h8-9,22H,2-7H2,1H3,(H2,14,17)(H,15,18)/t8-,9?/m0/s1. The van der Waals surface area contributed by atoms with E-state index in [4.69, 9.17) is 10.5 Å². The molecule has 1 saturated heterocycles. The molecule has 8 nitrogen and oxygen atoms in total. The molecule has 2 atom stereocenters. The molecular formula is C13H21N3O5S. The first-order valence-electron chi connectivity index (χ1n) is 7.06. The van der Waals surface area contributed by atoms with Crippen molar-refractivity contribution in [2.75, 3.05) is 18.9 Å². The van der Waals surface area contributed by atoms with E-state index in [9.17, 15) is 19.2 Å². The van der Waals surface area contributed by atoms with E-state index in [1.165, 1.54) is 4.90 Å². The molecule has 0 aromatic carbocycles. The molecule has 124 valence electrons. The molecule has 1 aliphatic rings. The predicted octanol–water partition coefficient (Wildman–Crippen LogP) is -1.17. The van der Waals surface area contributed by atoms with E-state index in [0.29, 0.717) is 19.4 Å². The van der Waals surface area contributed by atoms with Gasteiger partial charge in [-0.15, -0.1) is 0 Å². The van der Waals surface area contributed by atoms with Crippen molar-refractivity contribution in [2.45, 2.75) is 38.3 Å². The number of nitrogens with zero attached hydrogens (tertiary/aromatic N) is 1. The maximum atomic E-state index is 12.4. The Kier molecular flexibility index (Phi) is 7.16.